The third-order valence-corrected chi connectivity index (χ3v) is 4.09. The van der Waals surface area contributed by atoms with Gasteiger partial charge in [-0.15, -0.1) is 0 Å². The molecule has 1 atom stereocenters. The molecule has 0 heterocycles. The minimum atomic E-state index is -0.662. The van der Waals surface area contributed by atoms with Gasteiger partial charge in [-0.05, 0) is 36.2 Å². The van der Waals surface area contributed by atoms with Crippen LogP contribution in [-0.4, -0.2) is 0 Å². The van der Waals surface area contributed by atoms with Crippen LogP contribution in [0.15, 0.2) is 34.8 Å². The normalized spacial score (nSPS) is 12.3. The molecule has 6 heteroatoms. The highest BCUT2D eigenvalue weighted by Gasteiger charge is 2.18. The first kappa shape index (κ1) is 16.5. The van der Waals surface area contributed by atoms with Crippen LogP contribution in [-0.2, 0) is 0 Å². The van der Waals surface area contributed by atoms with Crippen LogP contribution in [0.3, 0.4) is 0 Å². The fourth-order valence-electron chi connectivity index (χ4n) is 2.04. The van der Waals surface area contributed by atoms with Crippen LogP contribution >= 0.6 is 39.1 Å². The van der Waals surface area contributed by atoms with E-state index in [4.69, 9.17) is 23.2 Å². The van der Waals surface area contributed by atoms with Gasteiger partial charge >= 0.3 is 0 Å². The maximum Gasteiger partial charge on any atom is 0.150 e. The van der Waals surface area contributed by atoms with Crippen molar-refractivity contribution >= 4 is 44.8 Å². The van der Waals surface area contributed by atoms with Crippen molar-refractivity contribution in [2.24, 2.45) is 0 Å². The highest BCUT2D eigenvalue weighted by molar-refractivity contribution is 9.10. The fraction of sp³-hybridized carbons (Fsp3) is 0.200. The van der Waals surface area contributed by atoms with E-state index in [1.807, 2.05) is 6.92 Å². The highest BCUT2D eigenvalue weighted by atomic mass is 79.9. The average Bonchev–Trinajstić information content (AvgIpc) is 2.39. The van der Waals surface area contributed by atoms with Gasteiger partial charge in [0.1, 0.15) is 17.3 Å². The monoisotopic (exact) mass is 393 g/mol. The fourth-order valence-corrected chi connectivity index (χ4v) is 2.98. The van der Waals surface area contributed by atoms with E-state index in [0.717, 1.165) is 5.56 Å². The van der Waals surface area contributed by atoms with Gasteiger partial charge in [0.25, 0.3) is 0 Å². The lowest BCUT2D eigenvalue weighted by Crippen LogP contribution is -2.12. The second kappa shape index (κ2) is 6.95. The molecule has 0 aliphatic rings. The van der Waals surface area contributed by atoms with E-state index in [1.54, 1.807) is 18.2 Å². The zero-order valence-electron chi connectivity index (χ0n) is 11.1. The van der Waals surface area contributed by atoms with Crippen molar-refractivity contribution < 1.29 is 8.78 Å². The Labute approximate surface area is 140 Å². The van der Waals surface area contributed by atoms with Crippen molar-refractivity contribution in [1.29, 1.82) is 0 Å². The second-order valence-corrected chi connectivity index (χ2v) is 6.27. The molecule has 1 N–H and O–H groups in total. The van der Waals surface area contributed by atoms with Gasteiger partial charge in [-0.25, -0.2) is 8.78 Å². The molecule has 2 aromatic carbocycles. The van der Waals surface area contributed by atoms with E-state index in [0.29, 0.717) is 20.9 Å². The Morgan fingerprint density at radius 2 is 1.76 bits per heavy atom. The van der Waals surface area contributed by atoms with E-state index < -0.39 is 11.6 Å². The van der Waals surface area contributed by atoms with Crippen LogP contribution in [0, 0.1) is 11.6 Å². The summed E-state index contributed by atoms with van der Waals surface area (Å²) in [5, 5.41) is 3.84. The number of rotatable bonds is 4. The van der Waals surface area contributed by atoms with Crippen molar-refractivity contribution in [1.82, 2.24) is 0 Å². The van der Waals surface area contributed by atoms with Gasteiger partial charge in [0.15, 0.2) is 0 Å². The van der Waals surface area contributed by atoms with Gasteiger partial charge in [0.2, 0.25) is 0 Å². The van der Waals surface area contributed by atoms with Crippen LogP contribution in [0.5, 0.6) is 0 Å². The topological polar surface area (TPSA) is 12.0 Å². The second-order valence-electron chi connectivity index (χ2n) is 4.52. The van der Waals surface area contributed by atoms with Gasteiger partial charge in [0, 0.05) is 14.5 Å². The molecule has 0 spiro atoms. The molecule has 21 heavy (non-hydrogen) atoms. The molecule has 1 unspecified atom stereocenters. The summed E-state index contributed by atoms with van der Waals surface area (Å²) < 4.78 is 28.2. The van der Waals surface area contributed by atoms with Crippen molar-refractivity contribution in [2.75, 3.05) is 5.32 Å². The van der Waals surface area contributed by atoms with Gasteiger partial charge < -0.3 is 5.32 Å². The van der Waals surface area contributed by atoms with Crippen LogP contribution in [0.4, 0.5) is 14.5 Å². The maximum atomic E-state index is 13.9. The molecular weight excluding hydrogens is 383 g/mol. The van der Waals surface area contributed by atoms with Crippen molar-refractivity contribution in [2.45, 2.75) is 19.4 Å². The van der Waals surface area contributed by atoms with Gasteiger partial charge in [0.05, 0.1) is 6.04 Å². The largest absolute Gasteiger partial charge is 0.373 e. The van der Waals surface area contributed by atoms with Crippen molar-refractivity contribution in [3.05, 3.63) is 62.0 Å². The van der Waals surface area contributed by atoms with Gasteiger partial charge in [-0.1, -0.05) is 52.1 Å². The molecule has 0 aliphatic heterocycles. The maximum absolute atomic E-state index is 13.9. The van der Waals surface area contributed by atoms with E-state index in [9.17, 15) is 8.78 Å². The molecule has 2 aromatic rings. The van der Waals surface area contributed by atoms with Gasteiger partial charge in [-0.3, -0.25) is 0 Å². The van der Waals surface area contributed by atoms with E-state index in [1.165, 1.54) is 12.1 Å². The molecule has 0 aromatic heterocycles. The summed E-state index contributed by atoms with van der Waals surface area (Å²) in [6, 6.07) is 7.15. The molecule has 0 fully saturated rings. The first-order valence-electron chi connectivity index (χ1n) is 6.28. The van der Waals surface area contributed by atoms with E-state index >= 15 is 0 Å². The summed E-state index contributed by atoms with van der Waals surface area (Å²) in [4.78, 5) is 0. The molecule has 0 aliphatic carbocycles. The Morgan fingerprint density at radius 1 is 1.14 bits per heavy atom. The smallest absolute Gasteiger partial charge is 0.150 e. The SMILES string of the molecule is CCC(Nc1c(F)cc(Br)cc1F)c1ccc(Cl)cc1Cl. The summed E-state index contributed by atoms with van der Waals surface area (Å²) in [6.45, 7) is 1.90. The summed E-state index contributed by atoms with van der Waals surface area (Å²) in [5.41, 5.74) is 0.571. The van der Waals surface area contributed by atoms with Crippen LogP contribution in [0.1, 0.15) is 24.9 Å². The Bertz CT molecular complexity index is 641. The zero-order chi connectivity index (χ0) is 15.6. The molecule has 1 nitrogen and oxygen atoms in total. The molecule has 0 bridgehead atoms. The number of hydrogen-bond donors (Lipinski definition) is 1. The zero-order valence-corrected chi connectivity index (χ0v) is 14.2. The summed E-state index contributed by atoms with van der Waals surface area (Å²) in [5.74, 6) is -1.32. The number of benzene rings is 2. The minimum absolute atomic E-state index is 0.170. The quantitative estimate of drug-likeness (QED) is 0.616. The number of halogens is 5. The Kier molecular flexibility index (Phi) is 5.47. The number of nitrogens with one attached hydrogen (secondary N) is 1. The van der Waals surface area contributed by atoms with Crippen LogP contribution < -0.4 is 5.32 Å². The van der Waals surface area contributed by atoms with Crippen LogP contribution in [0.2, 0.25) is 10.0 Å². The van der Waals surface area contributed by atoms with Crippen molar-refractivity contribution in [3.63, 3.8) is 0 Å². The van der Waals surface area contributed by atoms with Crippen molar-refractivity contribution in [3.8, 4) is 0 Å². The summed E-state index contributed by atoms with van der Waals surface area (Å²) in [6.07, 6.45) is 0.607. The third-order valence-electron chi connectivity index (χ3n) is 3.07. The lowest BCUT2D eigenvalue weighted by molar-refractivity contribution is 0.579. The van der Waals surface area contributed by atoms with E-state index in [-0.39, 0.29) is 11.7 Å². The Hall–Kier alpha value is -0.840. The first-order valence-corrected chi connectivity index (χ1v) is 7.83. The highest BCUT2D eigenvalue weighted by Crippen LogP contribution is 2.33. The average molecular weight is 395 g/mol. The summed E-state index contributed by atoms with van der Waals surface area (Å²) >= 11 is 15.1. The number of hydrogen-bond acceptors (Lipinski definition) is 1. The molecular formula is C15H12BrCl2F2N. The molecule has 112 valence electrons. The summed E-state index contributed by atoms with van der Waals surface area (Å²) in [7, 11) is 0. The molecule has 0 saturated carbocycles. The molecule has 0 radical (unpaired) electrons. The minimum Gasteiger partial charge on any atom is -0.373 e. The Balaban J connectivity index is 2.36. The predicted octanol–water partition coefficient (Wildman–Crippen LogP) is 6.60. The number of anilines is 1. The Morgan fingerprint density at radius 3 is 2.29 bits per heavy atom. The lowest BCUT2D eigenvalue weighted by Gasteiger charge is -2.21. The lowest BCUT2D eigenvalue weighted by atomic mass is 10.0. The molecule has 0 amide bonds. The van der Waals surface area contributed by atoms with Gasteiger partial charge in [-0.2, -0.15) is 0 Å². The molecule has 0 saturated heterocycles. The van der Waals surface area contributed by atoms with Crippen LogP contribution in [0.25, 0.3) is 0 Å². The van der Waals surface area contributed by atoms with E-state index in [2.05, 4.69) is 21.2 Å². The standard InChI is InChI=1S/C15H12BrCl2F2N/c1-2-14(10-4-3-9(17)7-11(10)18)21-15-12(19)5-8(16)6-13(15)20/h3-7,14,21H,2H2,1H3. The molecule has 2 rings (SSSR count). The predicted molar refractivity (Wildman–Crippen MR) is 87.2 cm³/mol. The third kappa shape index (κ3) is 3.87. The first-order chi connectivity index (χ1) is 9.92.